The lowest BCUT2D eigenvalue weighted by molar-refractivity contribution is -0.133. The van der Waals surface area contributed by atoms with Gasteiger partial charge in [-0.2, -0.15) is 8.46 Å². The van der Waals surface area contributed by atoms with Crippen molar-refractivity contribution in [1.82, 2.24) is 0 Å². The van der Waals surface area contributed by atoms with Gasteiger partial charge in [0.1, 0.15) is 0 Å². The predicted octanol–water partition coefficient (Wildman–Crippen LogP) is 1.84. The molecule has 0 aromatic rings. The number of carboxylic acids is 1. The van der Waals surface area contributed by atoms with E-state index in [9.17, 15) is 4.79 Å². The zero-order valence-electron chi connectivity index (χ0n) is 5.56. The summed E-state index contributed by atoms with van der Waals surface area (Å²) in [5.74, 6) is 0.467. The molecule has 0 saturated carbocycles. The topological polar surface area (TPSA) is 37.3 Å². The smallest absolute Gasteiger partial charge is 0.312 e. The van der Waals surface area contributed by atoms with E-state index in [1.807, 2.05) is 13.2 Å². The monoisotopic (exact) mass is 214 g/mol. The lowest BCUT2D eigenvalue weighted by atomic mass is 10.8. The van der Waals surface area contributed by atoms with Gasteiger partial charge in [-0.1, -0.05) is 6.92 Å². The third-order valence-corrected chi connectivity index (χ3v) is 5.14. The molecular formula is C5H11BrO2S. The quantitative estimate of drug-likeness (QED) is 0.779. The largest absolute Gasteiger partial charge is 0.481 e. The molecule has 0 aromatic heterocycles. The minimum atomic E-state index is -1.01. The van der Waals surface area contributed by atoms with Crippen LogP contribution in [0.3, 0.4) is 0 Å². The Labute approximate surface area is 64.2 Å². The molecule has 4 heteroatoms. The van der Waals surface area contributed by atoms with Crippen LogP contribution < -0.4 is 0 Å². The van der Waals surface area contributed by atoms with Crippen LogP contribution in [0.25, 0.3) is 0 Å². The van der Waals surface area contributed by atoms with E-state index in [1.165, 1.54) is 0 Å². The van der Waals surface area contributed by atoms with Crippen molar-refractivity contribution in [3.05, 3.63) is 0 Å². The molecule has 9 heavy (non-hydrogen) atoms. The molecule has 0 radical (unpaired) electrons. The van der Waals surface area contributed by atoms with Gasteiger partial charge in [-0.15, -0.1) is 0 Å². The summed E-state index contributed by atoms with van der Waals surface area (Å²) in [4.78, 5) is 10.2. The van der Waals surface area contributed by atoms with Crippen LogP contribution in [0, 0.1) is 0 Å². The summed E-state index contributed by atoms with van der Waals surface area (Å²) in [6.07, 6.45) is 1.96. The van der Waals surface area contributed by atoms with Gasteiger partial charge >= 0.3 is 5.97 Å². The Hall–Kier alpha value is 0.300. The van der Waals surface area contributed by atoms with Crippen molar-refractivity contribution in [3.8, 4) is 0 Å². The van der Waals surface area contributed by atoms with Crippen LogP contribution in [0.1, 0.15) is 6.92 Å². The third-order valence-electron chi connectivity index (χ3n) is 1.03. The summed E-state index contributed by atoms with van der Waals surface area (Å²) in [6, 6.07) is 0. The molecule has 0 fully saturated rings. The third kappa shape index (κ3) is 4.78. The van der Waals surface area contributed by atoms with Crippen LogP contribution in [0.15, 0.2) is 0 Å². The van der Waals surface area contributed by atoms with E-state index in [0.717, 1.165) is 5.75 Å². The SMILES string of the molecule is CCS(C)(Br)CC(=O)O. The fourth-order valence-electron chi connectivity index (χ4n) is 0.360. The van der Waals surface area contributed by atoms with E-state index in [-0.39, 0.29) is 5.75 Å². The van der Waals surface area contributed by atoms with Gasteiger partial charge < -0.3 is 5.11 Å². The lowest BCUT2D eigenvalue weighted by Gasteiger charge is -2.23. The summed E-state index contributed by atoms with van der Waals surface area (Å²) < 4.78 is 0. The summed E-state index contributed by atoms with van der Waals surface area (Å²) in [6.45, 7) is 1.99. The van der Waals surface area contributed by atoms with E-state index >= 15 is 0 Å². The number of carbonyl (C=O) groups is 1. The highest BCUT2D eigenvalue weighted by atomic mass is 79.9. The molecule has 0 aliphatic carbocycles. The van der Waals surface area contributed by atoms with Crippen molar-refractivity contribution >= 4 is 29.2 Å². The molecule has 0 amide bonds. The maximum Gasteiger partial charge on any atom is 0.312 e. The number of carboxylic acid groups (broad SMARTS) is 1. The Balaban J connectivity index is 3.71. The fraction of sp³-hybridized carbons (Fsp3) is 0.800. The lowest BCUT2D eigenvalue weighted by Crippen LogP contribution is -2.08. The highest BCUT2D eigenvalue weighted by Gasteiger charge is 2.14. The first kappa shape index (κ1) is 9.30. The molecule has 1 unspecified atom stereocenters. The molecule has 1 N–H and O–H groups in total. The van der Waals surface area contributed by atoms with Gasteiger partial charge in [-0.3, -0.25) is 4.79 Å². The normalized spacial score (nSPS) is 20.3. The van der Waals surface area contributed by atoms with Crippen LogP contribution in [0.5, 0.6) is 0 Å². The van der Waals surface area contributed by atoms with Crippen molar-refractivity contribution in [3.63, 3.8) is 0 Å². The first-order valence-corrected chi connectivity index (χ1v) is 6.85. The standard InChI is InChI=1S/C5H11BrO2S/c1-3-9(2,6)4-5(7)8/h3-4H2,1-2H3,(H,7,8). The van der Waals surface area contributed by atoms with Gasteiger partial charge in [-0.25, -0.2) is 0 Å². The van der Waals surface area contributed by atoms with E-state index in [0.29, 0.717) is 0 Å². The Morgan fingerprint density at radius 2 is 2.22 bits per heavy atom. The van der Waals surface area contributed by atoms with Gasteiger partial charge in [-0.05, 0) is 26.8 Å². The second kappa shape index (κ2) is 3.46. The summed E-state index contributed by atoms with van der Waals surface area (Å²) >= 11 is 3.38. The van der Waals surface area contributed by atoms with Crippen LogP contribution in [0.2, 0.25) is 0 Å². The van der Waals surface area contributed by atoms with Crippen LogP contribution >= 0.6 is 23.3 Å². The predicted molar refractivity (Wildman–Crippen MR) is 45.5 cm³/mol. The molecule has 0 rings (SSSR count). The number of aliphatic carboxylic acids is 1. The van der Waals surface area contributed by atoms with Gasteiger partial charge in [0, 0.05) is 0 Å². The zero-order chi connectivity index (χ0) is 7.49. The molecule has 56 valence electrons. The molecule has 1 atom stereocenters. The summed E-state index contributed by atoms with van der Waals surface area (Å²) in [7, 11) is -1.01. The fourth-order valence-corrected chi connectivity index (χ4v) is 1.67. The van der Waals surface area contributed by atoms with E-state index in [4.69, 9.17) is 5.11 Å². The minimum Gasteiger partial charge on any atom is -0.481 e. The van der Waals surface area contributed by atoms with Crippen molar-refractivity contribution in [2.45, 2.75) is 6.92 Å². The molecule has 0 aliphatic heterocycles. The van der Waals surface area contributed by atoms with E-state index in [2.05, 4.69) is 14.8 Å². The highest BCUT2D eigenvalue weighted by molar-refractivity contribution is 9.58. The van der Waals surface area contributed by atoms with Crippen molar-refractivity contribution < 1.29 is 9.90 Å². The number of rotatable bonds is 3. The maximum atomic E-state index is 10.2. The number of hydrogen-bond acceptors (Lipinski definition) is 1. The molecule has 0 heterocycles. The van der Waals surface area contributed by atoms with Crippen molar-refractivity contribution in [2.75, 3.05) is 17.8 Å². The first-order valence-electron chi connectivity index (χ1n) is 2.63. The van der Waals surface area contributed by atoms with E-state index < -0.39 is 14.4 Å². The molecule has 0 spiro atoms. The number of hydrogen-bond donors (Lipinski definition) is 1. The Morgan fingerprint density at radius 1 is 1.78 bits per heavy atom. The van der Waals surface area contributed by atoms with Crippen molar-refractivity contribution in [2.24, 2.45) is 0 Å². The van der Waals surface area contributed by atoms with Crippen LogP contribution in [-0.2, 0) is 4.79 Å². The molecule has 0 bridgehead atoms. The van der Waals surface area contributed by atoms with Crippen LogP contribution in [0.4, 0.5) is 0 Å². The number of halogens is 1. The molecule has 0 aliphatic rings. The second-order valence-corrected chi connectivity index (χ2v) is 9.84. The van der Waals surface area contributed by atoms with Crippen LogP contribution in [-0.4, -0.2) is 28.8 Å². The molecule has 2 nitrogen and oxygen atoms in total. The van der Waals surface area contributed by atoms with Gasteiger partial charge in [0.25, 0.3) is 0 Å². The first-order chi connectivity index (χ1) is 3.98. The summed E-state index contributed by atoms with van der Waals surface area (Å²) in [5.41, 5.74) is 0. The van der Waals surface area contributed by atoms with E-state index in [1.54, 1.807) is 0 Å². The maximum absolute atomic E-state index is 10.2. The molecular weight excluding hydrogens is 204 g/mol. The molecule has 0 saturated heterocycles. The summed E-state index contributed by atoms with van der Waals surface area (Å²) in [5, 5.41) is 8.37. The average Bonchev–Trinajstić information content (AvgIpc) is 1.63. The van der Waals surface area contributed by atoms with Crippen molar-refractivity contribution in [1.29, 1.82) is 0 Å². The van der Waals surface area contributed by atoms with Gasteiger partial charge in [0.05, 0.1) is 5.75 Å². The zero-order valence-corrected chi connectivity index (χ0v) is 7.96. The van der Waals surface area contributed by atoms with Gasteiger partial charge in [0.15, 0.2) is 0 Å². The average molecular weight is 215 g/mol. The Kier molecular flexibility index (Phi) is 3.58. The Morgan fingerprint density at radius 3 is 2.33 bits per heavy atom. The van der Waals surface area contributed by atoms with Gasteiger partial charge in [0.2, 0.25) is 0 Å². The molecule has 0 aromatic carbocycles. The Bertz CT molecular complexity index is 114. The highest BCUT2D eigenvalue weighted by Crippen LogP contribution is 2.51. The minimum absolute atomic E-state index is 0.267. The second-order valence-electron chi connectivity index (χ2n) is 1.98.